The molecule has 0 saturated carbocycles. The maximum absolute atomic E-state index is 10.5. The number of fused-ring (bicyclic) bond motifs is 1. The summed E-state index contributed by atoms with van der Waals surface area (Å²) < 4.78 is 5.09. The fraction of sp³-hybridized carbons (Fsp3) is 0.333. The molecule has 17 heavy (non-hydrogen) atoms. The number of amides is 1. The molecule has 0 aliphatic carbocycles. The lowest BCUT2D eigenvalue weighted by atomic mass is 10.1. The first kappa shape index (κ1) is 11.6. The van der Waals surface area contributed by atoms with Gasteiger partial charge in [-0.2, -0.15) is 0 Å². The zero-order valence-corrected chi connectivity index (χ0v) is 9.48. The van der Waals surface area contributed by atoms with Crippen LogP contribution in [0.1, 0.15) is 11.1 Å². The third-order valence-electron chi connectivity index (χ3n) is 2.70. The van der Waals surface area contributed by atoms with Crippen LogP contribution in [-0.4, -0.2) is 36.4 Å². The van der Waals surface area contributed by atoms with Crippen LogP contribution in [0.4, 0.5) is 0 Å². The van der Waals surface area contributed by atoms with E-state index in [0.29, 0.717) is 19.0 Å². The highest BCUT2D eigenvalue weighted by Gasteiger charge is 2.22. The van der Waals surface area contributed by atoms with Gasteiger partial charge in [-0.1, -0.05) is 24.3 Å². The summed E-state index contributed by atoms with van der Waals surface area (Å²) in [6.45, 7) is 1.67. The summed E-state index contributed by atoms with van der Waals surface area (Å²) in [5.41, 5.74) is 7.10. The van der Waals surface area contributed by atoms with E-state index in [0.717, 1.165) is 17.7 Å². The molecule has 5 heteroatoms. The number of hydrogen-bond acceptors (Lipinski definition) is 3. The van der Waals surface area contributed by atoms with Gasteiger partial charge < -0.3 is 15.4 Å². The fourth-order valence-electron chi connectivity index (χ4n) is 1.88. The number of rotatable bonds is 5. The van der Waals surface area contributed by atoms with Crippen molar-refractivity contribution in [3.05, 3.63) is 35.4 Å². The van der Waals surface area contributed by atoms with Crippen LogP contribution in [0.15, 0.2) is 24.3 Å². The average molecular weight is 233 g/mol. The van der Waals surface area contributed by atoms with E-state index in [2.05, 4.69) is 0 Å². The second-order valence-corrected chi connectivity index (χ2v) is 3.95. The molecule has 0 radical (unpaired) electrons. The molecule has 1 aromatic carbocycles. The smallest absolute Gasteiger partial charge is 0.243 e. The monoisotopic (exact) mass is 233 g/mol. The van der Waals surface area contributed by atoms with Crippen molar-refractivity contribution in [3.8, 4) is 0 Å². The first-order valence-corrected chi connectivity index (χ1v) is 5.46. The average Bonchev–Trinajstić information content (AvgIpc) is 2.63. The quantitative estimate of drug-likeness (QED) is 0.719. The first-order chi connectivity index (χ1) is 8.18. The summed E-state index contributed by atoms with van der Waals surface area (Å²) in [7, 11) is 0. The van der Waals surface area contributed by atoms with Crippen molar-refractivity contribution in [3.63, 3.8) is 0 Å². The highest BCUT2D eigenvalue weighted by Crippen LogP contribution is 2.21. The zero-order valence-electron chi connectivity index (χ0n) is 9.48. The lowest BCUT2D eigenvalue weighted by Gasteiger charge is -2.17. The van der Waals surface area contributed by atoms with Gasteiger partial charge in [0.15, 0.2) is 0 Å². The lowest BCUT2D eigenvalue weighted by molar-refractivity contribution is -0.122. The van der Waals surface area contributed by atoms with E-state index in [-0.39, 0.29) is 6.61 Å². The summed E-state index contributed by atoms with van der Waals surface area (Å²) >= 11 is 0. The Kier molecular flexibility index (Phi) is 3.39. The van der Waals surface area contributed by atoms with E-state index in [4.69, 9.17) is 15.9 Å². The Morgan fingerprint density at radius 1 is 1.47 bits per heavy atom. The van der Waals surface area contributed by atoms with Gasteiger partial charge in [0.2, 0.25) is 5.91 Å². The standard InChI is InChI=1S/C12H15N3O2/c13-11(16)8-17-6-5-15-7-9-3-1-2-4-10(9)12(15)14/h1-4,14H,5-8H2,(H2,13,16). The van der Waals surface area contributed by atoms with Crippen molar-refractivity contribution in [2.75, 3.05) is 19.8 Å². The minimum absolute atomic E-state index is 0.0614. The molecule has 1 aliphatic rings. The van der Waals surface area contributed by atoms with Crippen molar-refractivity contribution in [1.82, 2.24) is 4.90 Å². The Bertz CT molecular complexity index is 445. The molecule has 0 fully saturated rings. The zero-order chi connectivity index (χ0) is 12.3. The number of hydrogen-bond donors (Lipinski definition) is 2. The number of nitrogens with zero attached hydrogens (tertiary/aromatic N) is 1. The lowest BCUT2D eigenvalue weighted by Crippen LogP contribution is -2.29. The van der Waals surface area contributed by atoms with Gasteiger partial charge in [0.05, 0.1) is 6.61 Å². The number of benzene rings is 1. The van der Waals surface area contributed by atoms with Crippen molar-refractivity contribution >= 4 is 11.7 Å². The van der Waals surface area contributed by atoms with Gasteiger partial charge in [-0.15, -0.1) is 0 Å². The Balaban J connectivity index is 1.86. The molecule has 1 aromatic rings. The predicted octanol–water partition coefficient (Wildman–Crippen LogP) is 0.329. The van der Waals surface area contributed by atoms with Gasteiger partial charge in [0.25, 0.3) is 0 Å². The molecule has 0 bridgehead atoms. The molecular formula is C12H15N3O2. The molecule has 5 nitrogen and oxygen atoms in total. The number of carbonyl (C=O) groups is 1. The fourth-order valence-corrected chi connectivity index (χ4v) is 1.88. The summed E-state index contributed by atoms with van der Waals surface area (Å²) in [6, 6.07) is 7.87. The second-order valence-electron chi connectivity index (χ2n) is 3.95. The van der Waals surface area contributed by atoms with E-state index < -0.39 is 5.91 Å². The topological polar surface area (TPSA) is 79.4 Å². The van der Waals surface area contributed by atoms with Crippen LogP contribution in [-0.2, 0) is 16.1 Å². The molecule has 0 aromatic heterocycles. The normalized spacial score (nSPS) is 13.9. The maximum atomic E-state index is 10.5. The molecule has 0 atom stereocenters. The van der Waals surface area contributed by atoms with Crippen LogP contribution in [0.25, 0.3) is 0 Å². The van der Waals surface area contributed by atoms with Crippen molar-refractivity contribution < 1.29 is 9.53 Å². The van der Waals surface area contributed by atoms with Gasteiger partial charge >= 0.3 is 0 Å². The molecule has 90 valence electrons. The predicted molar refractivity (Wildman–Crippen MR) is 63.7 cm³/mol. The molecule has 1 heterocycles. The number of nitrogens with one attached hydrogen (secondary N) is 1. The molecular weight excluding hydrogens is 218 g/mol. The Morgan fingerprint density at radius 2 is 2.24 bits per heavy atom. The first-order valence-electron chi connectivity index (χ1n) is 5.46. The number of primary amides is 1. The van der Waals surface area contributed by atoms with E-state index in [1.54, 1.807) is 0 Å². The molecule has 0 spiro atoms. The Labute approximate surface area is 99.7 Å². The molecule has 1 amide bonds. The summed E-state index contributed by atoms with van der Waals surface area (Å²) in [4.78, 5) is 12.4. The van der Waals surface area contributed by atoms with Crippen LogP contribution in [0.5, 0.6) is 0 Å². The van der Waals surface area contributed by atoms with Crippen molar-refractivity contribution in [2.45, 2.75) is 6.54 Å². The molecule has 2 rings (SSSR count). The van der Waals surface area contributed by atoms with Crippen LogP contribution >= 0.6 is 0 Å². The minimum Gasteiger partial charge on any atom is -0.370 e. The van der Waals surface area contributed by atoms with Gasteiger partial charge in [0, 0.05) is 18.7 Å². The summed E-state index contributed by atoms with van der Waals surface area (Å²) in [5, 5.41) is 7.99. The molecule has 0 saturated heterocycles. The molecule has 0 unspecified atom stereocenters. The summed E-state index contributed by atoms with van der Waals surface area (Å²) in [6.07, 6.45) is 0. The van der Waals surface area contributed by atoms with Crippen LogP contribution in [0, 0.1) is 5.41 Å². The number of nitrogens with two attached hydrogens (primary N) is 1. The number of amidine groups is 1. The van der Waals surface area contributed by atoms with E-state index in [9.17, 15) is 4.79 Å². The highest BCUT2D eigenvalue weighted by molar-refractivity contribution is 6.00. The van der Waals surface area contributed by atoms with Crippen LogP contribution in [0.2, 0.25) is 0 Å². The van der Waals surface area contributed by atoms with Crippen molar-refractivity contribution in [2.24, 2.45) is 5.73 Å². The third-order valence-corrected chi connectivity index (χ3v) is 2.70. The van der Waals surface area contributed by atoms with Crippen LogP contribution in [0.3, 0.4) is 0 Å². The van der Waals surface area contributed by atoms with Crippen molar-refractivity contribution in [1.29, 1.82) is 5.41 Å². The number of ether oxygens (including phenoxy) is 1. The summed E-state index contributed by atoms with van der Waals surface area (Å²) in [5.74, 6) is 0.0491. The highest BCUT2D eigenvalue weighted by atomic mass is 16.5. The second kappa shape index (κ2) is 4.97. The number of carbonyl (C=O) groups excluding carboxylic acids is 1. The van der Waals surface area contributed by atoms with Crippen LogP contribution < -0.4 is 5.73 Å². The largest absolute Gasteiger partial charge is 0.370 e. The van der Waals surface area contributed by atoms with E-state index in [1.165, 1.54) is 0 Å². The SMILES string of the molecule is N=C1c2ccccc2CN1CCOCC(N)=O. The maximum Gasteiger partial charge on any atom is 0.243 e. The molecule has 3 N–H and O–H groups in total. The Hall–Kier alpha value is -1.88. The van der Waals surface area contributed by atoms with E-state index in [1.807, 2.05) is 29.2 Å². The van der Waals surface area contributed by atoms with Gasteiger partial charge in [-0.3, -0.25) is 10.2 Å². The van der Waals surface area contributed by atoms with Gasteiger partial charge in [-0.05, 0) is 5.56 Å². The molecule has 1 aliphatic heterocycles. The third kappa shape index (κ3) is 2.62. The van der Waals surface area contributed by atoms with Gasteiger partial charge in [0.1, 0.15) is 12.4 Å². The Morgan fingerprint density at radius 3 is 2.94 bits per heavy atom. The van der Waals surface area contributed by atoms with Gasteiger partial charge in [-0.25, -0.2) is 0 Å². The minimum atomic E-state index is -0.468. The van der Waals surface area contributed by atoms with E-state index >= 15 is 0 Å².